The number of rotatable bonds is 19. The van der Waals surface area contributed by atoms with E-state index in [1.807, 2.05) is 32.2 Å². The Bertz CT molecular complexity index is 2140. The number of nitrogens with zero attached hydrogens (tertiary/aromatic N) is 5. The Morgan fingerprint density at radius 2 is 1.87 bits per heavy atom. The summed E-state index contributed by atoms with van der Waals surface area (Å²) >= 11 is 3.20. The molecule has 2 saturated heterocycles. The molecule has 5 heterocycles. The van der Waals surface area contributed by atoms with Crippen molar-refractivity contribution >= 4 is 69.5 Å². The second kappa shape index (κ2) is 22.6. The van der Waals surface area contributed by atoms with Crippen molar-refractivity contribution < 1.29 is 33.4 Å². The molecule has 3 aromatic heterocycles. The molecule has 0 aliphatic carbocycles. The van der Waals surface area contributed by atoms with Gasteiger partial charge in [0, 0.05) is 105 Å². The van der Waals surface area contributed by atoms with Gasteiger partial charge in [0.2, 0.25) is 11.8 Å². The zero-order chi connectivity index (χ0) is 45.1. The molecule has 2 radical (unpaired) electrons. The second-order valence-electron chi connectivity index (χ2n) is 17.1. The first kappa shape index (κ1) is 49.1. The second-order valence-corrected chi connectivity index (χ2v) is 18.0. The summed E-state index contributed by atoms with van der Waals surface area (Å²) in [5.74, 6) is -1.36. The van der Waals surface area contributed by atoms with Gasteiger partial charge in [0.1, 0.15) is 6.04 Å². The third kappa shape index (κ3) is 11.6. The van der Waals surface area contributed by atoms with Crippen LogP contribution in [0.1, 0.15) is 83.2 Å². The van der Waals surface area contributed by atoms with Gasteiger partial charge in [0.25, 0.3) is 12.4 Å². The molecule has 2 N–H and O–H groups in total. The van der Waals surface area contributed by atoms with Crippen LogP contribution in [0.15, 0.2) is 41.9 Å². The number of nitrogens with one attached hydrogen (secondary N) is 2. The van der Waals surface area contributed by atoms with E-state index < -0.39 is 12.0 Å². The summed E-state index contributed by atoms with van der Waals surface area (Å²) in [6.07, 6.45) is 4.26. The number of ether oxygens (including phenoxy) is 3. The zero-order valence-electron chi connectivity index (χ0n) is 37.7. The summed E-state index contributed by atoms with van der Waals surface area (Å²) in [5.41, 5.74) is 9.51. The van der Waals surface area contributed by atoms with Crippen LogP contribution in [0, 0.1) is 17.3 Å². The normalized spacial score (nSPS) is 16.0. The summed E-state index contributed by atoms with van der Waals surface area (Å²) < 4.78 is 18.7. The number of thiazole rings is 1. The fraction of sp³-hybridized carbons (Fsp3) is 0.565. The van der Waals surface area contributed by atoms with Gasteiger partial charge in [-0.1, -0.05) is 33.8 Å². The minimum absolute atomic E-state index is 0.0212. The van der Waals surface area contributed by atoms with Gasteiger partial charge in [-0.15, -0.1) is 11.3 Å². The van der Waals surface area contributed by atoms with Crippen LogP contribution in [0.25, 0.3) is 33.4 Å². The van der Waals surface area contributed by atoms with E-state index in [9.17, 15) is 19.2 Å². The standard InChI is InChI=1S/C45H61N7O7S.CH3.Sb/c1-9-51-38-15-14-30(19-34(38)35(22-45(5,6)26-59-27-53)42(51)32-13-12-16-46-41(32)29(4)57-7)37-25-60-39(48-37)21-36(44(56)52-18-11-10-17-47-52)49-43(55)33(28(2)3)20-40(54)50-23-31(24-50)58-8;;/h12-16,19,25,27-29,31,33,36,47H,9-11,17-18,20-24,26H2,1-8H3,(H,49,55);1H3;. The number of carbonyl (C=O) groups excluding carboxylic acids is 4. The van der Waals surface area contributed by atoms with Crippen LogP contribution in [0.2, 0.25) is 4.87 Å². The molecule has 2 aliphatic rings. The monoisotopic (exact) mass is 979 g/mol. The molecule has 16 heteroatoms. The van der Waals surface area contributed by atoms with Crippen LogP contribution in [-0.2, 0) is 52.8 Å². The van der Waals surface area contributed by atoms with E-state index in [-0.39, 0.29) is 60.7 Å². The Labute approximate surface area is 384 Å². The molecule has 3 unspecified atom stereocenters. The van der Waals surface area contributed by atoms with Gasteiger partial charge < -0.3 is 29.0 Å². The fourth-order valence-electron chi connectivity index (χ4n) is 8.24. The molecule has 0 spiro atoms. The summed E-state index contributed by atoms with van der Waals surface area (Å²) in [4.78, 5) is 66.1. The predicted molar refractivity (Wildman–Crippen MR) is 243 cm³/mol. The van der Waals surface area contributed by atoms with E-state index in [2.05, 4.69) is 65.2 Å². The Morgan fingerprint density at radius 3 is 2.52 bits per heavy atom. The zero-order valence-corrected chi connectivity index (χ0v) is 41.1. The summed E-state index contributed by atoms with van der Waals surface area (Å²) in [5, 5.41) is 8.42. The number of amides is 3. The van der Waals surface area contributed by atoms with Gasteiger partial charge in [-0.2, -0.15) is 0 Å². The van der Waals surface area contributed by atoms with Crippen LogP contribution < -0.4 is 10.7 Å². The molecule has 2 fully saturated rings. The van der Waals surface area contributed by atoms with Gasteiger partial charge >= 0.3 is 27.9 Å². The Hall–Kier alpha value is -3.88. The van der Waals surface area contributed by atoms with Crippen molar-refractivity contribution in [3.63, 3.8) is 0 Å². The molecule has 3 atom stereocenters. The average molecular weight is 981 g/mol. The average Bonchev–Trinajstić information content (AvgIpc) is 3.86. The molecule has 62 heavy (non-hydrogen) atoms. The number of aromatic nitrogens is 3. The molecule has 0 saturated carbocycles. The van der Waals surface area contributed by atoms with Crippen LogP contribution in [-0.4, -0.2) is 131 Å². The number of hydrogen-bond donors (Lipinski definition) is 2. The molecule has 14 nitrogen and oxygen atoms in total. The molecule has 3 amide bonds. The predicted octanol–water partition coefficient (Wildman–Crippen LogP) is 6.17. The molecular weight excluding hydrogens is 916 g/mol. The first-order chi connectivity index (χ1) is 29.8. The fourth-order valence-corrected chi connectivity index (χ4v) is 9.09. The first-order valence-corrected chi connectivity index (χ1v) is 25.0. The van der Waals surface area contributed by atoms with Gasteiger partial charge in [0.15, 0.2) is 0 Å². The molecular formula is C46H64N7O7SSb. The number of hydrogen-bond acceptors (Lipinski definition) is 11. The van der Waals surface area contributed by atoms with Crippen LogP contribution >= 0.6 is 11.3 Å². The van der Waals surface area contributed by atoms with Gasteiger partial charge in [-0.3, -0.25) is 29.2 Å². The number of methoxy groups -OCH3 is 2. The van der Waals surface area contributed by atoms with Crippen LogP contribution in [0.4, 0.5) is 0 Å². The number of aryl methyl sites for hydroxylation is 1. The summed E-state index contributed by atoms with van der Waals surface area (Å²) in [7, 11) is 3.31. The third-order valence-electron chi connectivity index (χ3n) is 11.8. The molecule has 1 aromatic carbocycles. The molecule has 0 bridgehead atoms. The summed E-state index contributed by atoms with van der Waals surface area (Å²) in [6, 6.07) is 9.52. The Balaban J connectivity index is 0.00000358. The SMILES string of the molecule is CCn1c(-c2cccnc2C(C)OC)c(CC(C)(C)COC=O)c2cc(-c3csc(CC(NC(=O)C(CC(=O)N4CC(OC)C4)C(C)C)C(=O)N4CCCCN4)n3)ccc21.[CH3][Sb]. The topological polar surface area (TPSA) is 157 Å². The van der Waals surface area contributed by atoms with Crippen LogP contribution in [0.3, 0.4) is 0 Å². The van der Waals surface area contributed by atoms with Crippen molar-refractivity contribution in [1.82, 2.24) is 35.2 Å². The van der Waals surface area contributed by atoms with E-state index in [0.29, 0.717) is 50.6 Å². The van der Waals surface area contributed by atoms with Gasteiger partial charge in [-0.05, 0) is 68.9 Å². The van der Waals surface area contributed by atoms with Crippen molar-refractivity contribution in [3.05, 3.63) is 58.2 Å². The number of benzene rings is 1. The molecule has 336 valence electrons. The first-order valence-electron chi connectivity index (χ1n) is 21.5. The quantitative estimate of drug-likeness (QED) is 0.0823. The summed E-state index contributed by atoms with van der Waals surface area (Å²) in [6.45, 7) is 15.9. The number of pyridine rings is 1. The van der Waals surface area contributed by atoms with Crippen molar-refractivity contribution in [2.24, 2.45) is 17.3 Å². The maximum absolute atomic E-state index is 14.1. The van der Waals surface area contributed by atoms with E-state index in [0.717, 1.165) is 57.5 Å². The van der Waals surface area contributed by atoms with E-state index in [1.165, 1.54) is 11.3 Å². The van der Waals surface area contributed by atoms with E-state index >= 15 is 0 Å². The van der Waals surface area contributed by atoms with Crippen LogP contribution in [0.5, 0.6) is 0 Å². The minimum atomic E-state index is -0.880. The Morgan fingerprint density at radius 1 is 1.11 bits per heavy atom. The van der Waals surface area contributed by atoms with Crippen molar-refractivity contribution in [1.29, 1.82) is 0 Å². The molecule has 2 aliphatic heterocycles. The number of likely N-dealkylation sites (tertiary alicyclic amines) is 1. The Kier molecular flexibility index (Phi) is 18.0. The number of hydrazine groups is 1. The van der Waals surface area contributed by atoms with E-state index in [4.69, 9.17) is 24.2 Å². The molecule has 4 aromatic rings. The van der Waals surface area contributed by atoms with Gasteiger partial charge in [0.05, 0.1) is 40.9 Å². The number of carbonyl (C=O) groups is 4. The number of fused-ring (bicyclic) bond motifs is 1. The van der Waals surface area contributed by atoms with E-state index in [1.54, 1.807) is 53.3 Å². The maximum atomic E-state index is 14.1. The third-order valence-corrected chi connectivity index (χ3v) is 12.7. The van der Waals surface area contributed by atoms with Crippen molar-refractivity contribution in [2.45, 2.75) is 103 Å². The van der Waals surface area contributed by atoms with Crippen molar-refractivity contribution in [3.8, 4) is 22.5 Å². The molecule has 6 rings (SSSR count). The van der Waals surface area contributed by atoms with Gasteiger partial charge in [-0.25, -0.2) is 10.4 Å². The van der Waals surface area contributed by atoms with Crippen molar-refractivity contribution in [2.75, 3.05) is 47.0 Å².